The first-order valence-electron chi connectivity index (χ1n) is 5.46. The van der Waals surface area contributed by atoms with Crippen molar-refractivity contribution in [3.05, 3.63) is 52.8 Å². The molecule has 0 unspecified atom stereocenters. The molecular weight excluding hydrogens is 296 g/mol. The molecular formula is C13H9ClF4N2. The Bertz CT molecular complexity index is 624. The Kier molecular flexibility index (Phi) is 3.76. The fraction of sp³-hybridized carbons (Fsp3) is 0.0769. The Balaban J connectivity index is 2.25. The summed E-state index contributed by atoms with van der Waals surface area (Å²) in [6.45, 7) is 0. The second-order valence-corrected chi connectivity index (χ2v) is 4.46. The number of hydrogen-bond acceptors (Lipinski definition) is 2. The van der Waals surface area contributed by atoms with E-state index in [2.05, 4.69) is 5.32 Å². The first kappa shape index (κ1) is 14.5. The zero-order valence-electron chi connectivity index (χ0n) is 9.93. The molecule has 0 bridgehead atoms. The van der Waals surface area contributed by atoms with Crippen LogP contribution in [0, 0.1) is 5.82 Å². The van der Waals surface area contributed by atoms with E-state index in [0.717, 1.165) is 18.2 Å². The topological polar surface area (TPSA) is 38.0 Å². The minimum Gasteiger partial charge on any atom is -0.397 e. The Labute approximate surface area is 117 Å². The predicted octanol–water partition coefficient (Wildman–Crippen LogP) is 4.82. The summed E-state index contributed by atoms with van der Waals surface area (Å²) >= 11 is 5.55. The van der Waals surface area contributed by atoms with Gasteiger partial charge >= 0.3 is 6.18 Å². The van der Waals surface area contributed by atoms with Crippen molar-refractivity contribution < 1.29 is 17.6 Å². The van der Waals surface area contributed by atoms with Crippen LogP contribution in [0.3, 0.4) is 0 Å². The lowest BCUT2D eigenvalue weighted by molar-refractivity contribution is -0.137. The summed E-state index contributed by atoms with van der Waals surface area (Å²) in [5.74, 6) is -0.671. The number of nitrogens with two attached hydrogens (primary N) is 1. The normalized spacial score (nSPS) is 11.4. The SMILES string of the molecule is Nc1cc(Cl)c(F)cc1Nc1ccc(C(F)(F)F)cc1. The van der Waals surface area contributed by atoms with E-state index < -0.39 is 17.6 Å². The third kappa shape index (κ3) is 3.14. The van der Waals surface area contributed by atoms with E-state index in [1.807, 2.05) is 0 Å². The van der Waals surface area contributed by atoms with Crippen molar-refractivity contribution in [2.45, 2.75) is 6.18 Å². The van der Waals surface area contributed by atoms with Crippen LogP contribution in [0.25, 0.3) is 0 Å². The van der Waals surface area contributed by atoms with Gasteiger partial charge in [-0.15, -0.1) is 0 Å². The minimum atomic E-state index is -4.40. The summed E-state index contributed by atoms with van der Waals surface area (Å²) in [6, 6.07) is 6.61. The van der Waals surface area contributed by atoms with E-state index in [9.17, 15) is 17.6 Å². The average molecular weight is 305 g/mol. The van der Waals surface area contributed by atoms with E-state index in [0.29, 0.717) is 5.69 Å². The average Bonchev–Trinajstić information content (AvgIpc) is 2.35. The molecule has 7 heteroatoms. The first-order chi connectivity index (χ1) is 9.27. The molecule has 2 nitrogen and oxygen atoms in total. The molecule has 2 aromatic carbocycles. The summed E-state index contributed by atoms with van der Waals surface area (Å²) in [7, 11) is 0. The van der Waals surface area contributed by atoms with Crippen molar-refractivity contribution in [3.63, 3.8) is 0 Å². The van der Waals surface area contributed by atoms with Gasteiger partial charge < -0.3 is 11.1 Å². The smallest absolute Gasteiger partial charge is 0.397 e. The van der Waals surface area contributed by atoms with Crippen LogP contribution in [0.5, 0.6) is 0 Å². The van der Waals surface area contributed by atoms with Crippen molar-refractivity contribution in [3.8, 4) is 0 Å². The van der Waals surface area contributed by atoms with Crippen LogP contribution < -0.4 is 11.1 Å². The Hall–Kier alpha value is -1.95. The lowest BCUT2D eigenvalue weighted by atomic mass is 10.2. The molecule has 3 N–H and O–H groups in total. The molecule has 0 aliphatic rings. The standard InChI is InChI=1S/C13H9ClF4N2/c14-9-5-11(19)12(6-10(9)15)20-8-3-1-7(2-4-8)13(16,17)18/h1-6,20H,19H2. The molecule has 2 rings (SSSR count). The van der Waals surface area contributed by atoms with E-state index in [-0.39, 0.29) is 16.4 Å². The fourth-order valence-corrected chi connectivity index (χ4v) is 1.74. The van der Waals surface area contributed by atoms with Gasteiger partial charge in [0.15, 0.2) is 0 Å². The number of benzene rings is 2. The number of anilines is 3. The van der Waals surface area contributed by atoms with Crippen LogP contribution in [0.4, 0.5) is 34.6 Å². The molecule has 0 spiro atoms. The molecule has 20 heavy (non-hydrogen) atoms. The molecule has 0 aromatic heterocycles. The van der Waals surface area contributed by atoms with Crippen molar-refractivity contribution in [1.82, 2.24) is 0 Å². The molecule has 106 valence electrons. The van der Waals surface area contributed by atoms with Crippen LogP contribution in [0.1, 0.15) is 5.56 Å². The number of alkyl halides is 3. The van der Waals surface area contributed by atoms with E-state index in [1.54, 1.807) is 0 Å². The highest BCUT2D eigenvalue weighted by molar-refractivity contribution is 6.31. The molecule has 0 radical (unpaired) electrons. The van der Waals surface area contributed by atoms with Crippen LogP contribution >= 0.6 is 11.6 Å². The zero-order valence-corrected chi connectivity index (χ0v) is 10.7. The van der Waals surface area contributed by atoms with Crippen molar-refractivity contribution in [2.24, 2.45) is 0 Å². The quantitative estimate of drug-likeness (QED) is 0.616. The highest BCUT2D eigenvalue weighted by atomic mass is 35.5. The van der Waals surface area contributed by atoms with Gasteiger partial charge in [0.2, 0.25) is 0 Å². The molecule has 0 aliphatic carbocycles. The van der Waals surface area contributed by atoms with Gasteiger partial charge in [-0.05, 0) is 30.3 Å². The van der Waals surface area contributed by atoms with Crippen molar-refractivity contribution in [1.29, 1.82) is 0 Å². The lowest BCUT2D eigenvalue weighted by Crippen LogP contribution is -2.04. The molecule has 0 aliphatic heterocycles. The van der Waals surface area contributed by atoms with Gasteiger partial charge in [-0.2, -0.15) is 13.2 Å². The van der Waals surface area contributed by atoms with Crippen LogP contribution in [0.2, 0.25) is 5.02 Å². The summed E-state index contributed by atoms with van der Waals surface area (Å²) in [5, 5.41) is 2.60. The molecule has 0 atom stereocenters. The number of rotatable bonds is 2. The van der Waals surface area contributed by atoms with Crippen LogP contribution in [-0.2, 0) is 6.18 Å². The summed E-state index contributed by atoms with van der Waals surface area (Å²) in [6.07, 6.45) is -4.40. The number of nitrogens with one attached hydrogen (secondary N) is 1. The van der Waals surface area contributed by atoms with Gasteiger partial charge in [0.25, 0.3) is 0 Å². The van der Waals surface area contributed by atoms with Gasteiger partial charge in [0.05, 0.1) is 22.0 Å². The molecule has 0 saturated carbocycles. The molecule has 2 aromatic rings. The van der Waals surface area contributed by atoms with Crippen LogP contribution in [0.15, 0.2) is 36.4 Å². The Morgan fingerprint density at radius 2 is 1.65 bits per heavy atom. The zero-order chi connectivity index (χ0) is 14.9. The van der Waals surface area contributed by atoms with Crippen molar-refractivity contribution >= 4 is 28.7 Å². The number of nitrogen functional groups attached to an aromatic ring is 1. The van der Waals surface area contributed by atoms with Crippen molar-refractivity contribution in [2.75, 3.05) is 11.1 Å². The summed E-state index contributed by atoms with van der Waals surface area (Å²) in [4.78, 5) is 0. The monoisotopic (exact) mass is 304 g/mol. The molecule has 0 saturated heterocycles. The molecule has 0 amide bonds. The van der Waals surface area contributed by atoms with Gasteiger partial charge in [0.1, 0.15) is 5.82 Å². The van der Waals surface area contributed by atoms with Gasteiger partial charge in [-0.3, -0.25) is 0 Å². The van der Waals surface area contributed by atoms with Crippen LogP contribution in [-0.4, -0.2) is 0 Å². The summed E-state index contributed by atoms with van der Waals surface area (Å²) < 4.78 is 50.5. The van der Waals surface area contributed by atoms with E-state index in [1.165, 1.54) is 18.2 Å². The largest absolute Gasteiger partial charge is 0.416 e. The molecule has 0 fully saturated rings. The Morgan fingerprint density at radius 1 is 1.05 bits per heavy atom. The highest BCUT2D eigenvalue weighted by Gasteiger charge is 2.29. The maximum absolute atomic E-state index is 13.3. The maximum atomic E-state index is 13.3. The second-order valence-electron chi connectivity index (χ2n) is 4.05. The van der Waals surface area contributed by atoms with Gasteiger partial charge in [-0.1, -0.05) is 11.6 Å². The number of hydrogen-bond donors (Lipinski definition) is 2. The van der Waals surface area contributed by atoms with Gasteiger partial charge in [0, 0.05) is 11.8 Å². The fourth-order valence-electron chi connectivity index (χ4n) is 1.57. The number of halogens is 5. The molecule has 0 heterocycles. The third-order valence-corrected chi connectivity index (χ3v) is 2.87. The maximum Gasteiger partial charge on any atom is 0.416 e. The minimum absolute atomic E-state index is 0.125. The first-order valence-corrected chi connectivity index (χ1v) is 5.84. The predicted molar refractivity (Wildman–Crippen MR) is 70.5 cm³/mol. The van der Waals surface area contributed by atoms with E-state index >= 15 is 0 Å². The highest BCUT2D eigenvalue weighted by Crippen LogP contribution is 2.32. The van der Waals surface area contributed by atoms with E-state index in [4.69, 9.17) is 17.3 Å². The van der Waals surface area contributed by atoms with Gasteiger partial charge in [-0.25, -0.2) is 4.39 Å². The lowest BCUT2D eigenvalue weighted by Gasteiger charge is -2.12. The Morgan fingerprint density at radius 3 is 2.20 bits per heavy atom. The second kappa shape index (κ2) is 5.20. The summed E-state index contributed by atoms with van der Waals surface area (Å²) in [5.41, 5.74) is 5.65. The third-order valence-electron chi connectivity index (χ3n) is 2.58.